The van der Waals surface area contributed by atoms with Crippen LogP contribution in [0.5, 0.6) is 11.5 Å². The van der Waals surface area contributed by atoms with Crippen LogP contribution in [0.25, 0.3) is 0 Å². The molecule has 106 valence electrons. The van der Waals surface area contributed by atoms with Crippen LogP contribution < -0.4 is 0 Å². The van der Waals surface area contributed by atoms with Crippen LogP contribution in [0.3, 0.4) is 0 Å². The molecule has 20 heavy (non-hydrogen) atoms. The second kappa shape index (κ2) is 6.41. The highest BCUT2D eigenvalue weighted by atomic mass is 16.3. The topological polar surface area (TPSA) is 80.9 Å². The van der Waals surface area contributed by atoms with Crippen molar-refractivity contribution >= 4 is 0 Å². The number of hydrogen-bond donors (Lipinski definition) is 4. The third-order valence-corrected chi connectivity index (χ3v) is 3.21. The van der Waals surface area contributed by atoms with Crippen molar-refractivity contribution in [3.8, 4) is 11.5 Å². The van der Waals surface area contributed by atoms with Crippen molar-refractivity contribution in [2.75, 3.05) is 0 Å². The lowest BCUT2D eigenvalue weighted by Crippen LogP contribution is -2.29. The van der Waals surface area contributed by atoms with Crippen LogP contribution in [-0.2, 0) is 12.8 Å². The maximum Gasteiger partial charge on any atom is 0.115 e. The Labute approximate surface area is 117 Å². The summed E-state index contributed by atoms with van der Waals surface area (Å²) in [5.41, 5.74) is 1.69. The van der Waals surface area contributed by atoms with Gasteiger partial charge in [-0.25, -0.2) is 0 Å². The van der Waals surface area contributed by atoms with Crippen LogP contribution in [0.1, 0.15) is 11.1 Å². The molecule has 2 aromatic carbocycles. The summed E-state index contributed by atoms with van der Waals surface area (Å²) in [6.45, 7) is 0. The lowest BCUT2D eigenvalue weighted by Gasteiger charge is -2.18. The molecule has 0 saturated carbocycles. The molecular weight excluding hydrogens is 256 g/mol. The van der Waals surface area contributed by atoms with E-state index in [9.17, 15) is 20.4 Å². The molecule has 0 aromatic heterocycles. The van der Waals surface area contributed by atoms with Gasteiger partial charge in [-0.05, 0) is 35.4 Å². The molecule has 0 fully saturated rings. The molecule has 2 rings (SSSR count). The zero-order valence-corrected chi connectivity index (χ0v) is 11.0. The fourth-order valence-electron chi connectivity index (χ4n) is 2.02. The minimum atomic E-state index is -0.881. The smallest absolute Gasteiger partial charge is 0.115 e. The predicted molar refractivity (Wildman–Crippen MR) is 75.6 cm³/mol. The van der Waals surface area contributed by atoms with Crippen LogP contribution in [0.15, 0.2) is 48.5 Å². The number of aromatic hydroxyl groups is 2. The molecule has 0 aliphatic carbocycles. The Kier molecular flexibility index (Phi) is 4.61. The summed E-state index contributed by atoms with van der Waals surface area (Å²) < 4.78 is 0. The van der Waals surface area contributed by atoms with Gasteiger partial charge in [-0.15, -0.1) is 0 Å². The van der Waals surface area contributed by atoms with Gasteiger partial charge in [0.1, 0.15) is 11.5 Å². The molecule has 0 aliphatic rings. The SMILES string of the molecule is Oc1ccc(CC(O)C(O)Cc2ccc(O)cc2)cc1. The molecule has 4 heteroatoms. The van der Waals surface area contributed by atoms with Crippen LogP contribution in [-0.4, -0.2) is 32.6 Å². The van der Waals surface area contributed by atoms with E-state index in [0.29, 0.717) is 12.8 Å². The van der Waals surface area contributed by atoms with Crippen molar-refractivity contribution in [3.63, 3.8) is 0 Å². The molecule has 0 aliphatic heterocycles. The number of rotatable bonds is 5. The van der Waals surface area contributed by atoms with E-state index < -0.39 is 12.2 Å². The summed E-state index contributed by atoms with van der Waals surface area (Å²) in [5.74, 6) is 0.348. The molecule has 2 aromatic rings. The Balaban J connectivity index is 1.93. The fraction of sp³-hybridized carbons (Fsp3) is 0.250. The van der Waals surface area contributed by atoms with Crippen molar-refractivity contribution in [1.82, 2.24) is 0 Å². The van der Waals surface area contributed by atoms with E-state index in [0.717, 1.165) is 11.1 Å². The summed E-state index contributed by atoms with van der Waals surface area (Å²) in [4.78, 5) is 0. The Morgan fingerprint density at radius 2 is 0.900 bits per heavy atom. The average Bonchev–Trinajstić information content (AvgIpc) is 2.44. The van der Waals surface area contributed by atoms with E-state index in [-0.39, 0.29) is 11.5 Å². The number of hydrogen-bond acceptors (Lipinski definition) is 4. The normalized spacial score (nSPS) is 13.9. The molecule has 0 amide bonds. The lowest BCUT2D eigenvalue weighted by molar-refractivity contribution is 0.0206. The van der Waals surface area contributed by atoms with Crippen LogP contribution in [0.2, 0.25) is 0 Å². The number of phenolic OH excluding ortho intramolecular Hbond substituents is 2. The van der Waals surface area contributed by atoms with Gasteiger partial charge in [-0.2, -0.15) is 0 Å². The van der Waals surface area contributed by atoms with E-state index in [4.69, 9.17) is 0 Å². The molecule has 2 unspecified atom stereocenters. The van der Waals surface area contributed by atoms with Gasteiger partial charge < -0.3 is 20.4 Å². The van der Waals surface area contributed by atoms with Crippen molar-refractivity contribution in [1.29, 1.82) is 0 Å². The Hall–Kier alpha value is -2.04. The Bertz CT molecular complexity index is 482. The van der Waals surface area contributed by atoms with Gasteiger partial charge in [-0.1, -0.05) is 24.3 Å². The van der Waals surface area contributed by atoms with E-state index in [1.807, 2.05) is 0 Å². The molecule has 0 saturated heterocycles. The van der Waals surface area contributed by atoms with E-state index in [1.54, 1.807) is 48.5 Å². The largest absolute Gasteiger partial charge is 0.508 e. The van der Waals surface area contributed by atoms with Gasteiger partial charge in [0.05, 0.1) is 12.2 Å². The highest BCUT2D eigenvalue weighted by molar-refractivity contribution is 5.27. The average molecular weight is 274 g/mol. The maximum atomic E-state index is 9.99. The molecular formula is C16H18O4. The first-order chi connectivity index (χ1) is 9.54. The fourth-order valence-corrected chi connectivity index (χ4v) is 2.02. The first-order valence-corrected chi connectivity index (χ1v) is 6.46. The first kappa shape index (κ1) is 14.4. The summed E-state index contributed by atoms with van der Waals surface area (Å²) >= 11 is 0. The maximum absolute atomic E-state index is 9.99. The van der Waals surface area contributed by atoms with Gasteiger partial charge in [0, 0.05) is 12.8 Å². The van der Waals surface area contributed by atoms with Gasteiger partial charge in [-0.3, -0.25) is 0 Å². The number of benzene rings is 2. The van der Waals surface area contributed by atoms with E-state index in [2.05, 4.69) is 0 Å². The molecule has 0 bridgehead atoms. The van der Waals surface area contributed by atoms with Crippen molar-refractivity contribution < 1.29 is 20.4 Å². The van der Waals surface area contributed by atoms with Gasteiger partial charge in [0.15, 0.2) is 0 Å². The second-order valence-corrected chi connectivity index (χ2v) is 4.88. The third-order valence-electron chi connectivity index (χ3n) is 3.21. The first-order valence-electron chi connectivity index (χ1n) is 6.46. The minimum Gasteiger partial charge on any atom is -0.508 e. The second-order valence-electron chi connectivity index (χ2n) is 4.88. The molecule has 0 spiro atoms. The molecule has 0 radical (unpaired) electrons. The Morgan fingerprint density at radius 1 is 0.600 bits per heavy atom. The monoisotopic (exact) mass is 274 g/mol. The van der Waals surface area contributed by atoms with Gasteiger partial charge >= 0.3 is 0 Å². The zero-order chi connectivity index (χ0) is 14.5. The Morgan fingerprint density at radius 3 is 1.20 bits per heavy atom. The highest BCUT2D eigenvalue weighted by Crippen LogP contribution is 2.15. The quantitative estimate of drug-likeness (QED) is 0.667. The standard InChI is InChI=1S/C16H18O4/c17-13-5-1-11(2-6-13)9-15(19)16(20)10-12-3-7-14(18)8-4-12/h1-8,15-20H,9-10H2. The highest BCUT2D eigenvalue weighted by Gasteiger charge is 2.17. The molecule has 2 atom stereocenters. The van der Waals surface area contributed by atoms with Crippen molar-refractivity contribution in [2.45, 2.75) is 25.0 Å². The minimum absolute atomic E-state index is 0.174. The van der Waals surface area contributed by atoms with Gasteiger partial charge in [0.2, 0.25) is 0 Å². The number of phenols is 2. The summed E-state index contributed by atoms with van der Waals surface area (Å²) in [7, 11) is 0. The van der Waals surface area contributed by atoms with Crippen molar-refractivity contribution in [2.24, 2.45) is 0 Å². The summed E-state index contributed by atoms with van der Waals surface area (Å²) in [5, 5.41) is 38.4. The third kappa shape index (κ3) is 3.98. The molecule has 4 N–H and O–H groups in total. The van der Waals surface area contributed by atoms with Crippen LogP contribution in [0.4, 0.5) is 0 Å². The summed E-state index contributed by atoms with van der Waals surface area (Å²) in [6, 6.07) is 13.1. The van der Waals surface area contributed by atoms with E-state index >= 15 is 0 Å². The van der Waals surface area contributed by atoms with Crippen molar-refractivity contribution in [3.05, 3.63) is 59.7 Å². The summed E-state index contributed by atoms with van der Waals surface area (Å²) in [6.07, 6.45) is -1.12. The number of aliphatic hydroxyl groups is 2. The molecule has 4 nitrogen and oxygen atoms in total. The van der Waals surface area contributed by atoms with E-state index in [1.165, 1.54) is 0 Å². The van der Waals surface area contributed by atoms with Crippen LogP contribution >= 0.6 is 0 Å². The van der Waals surface area contributed by atoms with Gasteiger partial charge in [0.25, 0.3) is 0 Å². The zero-order valence-electron chi connectivity index (χ0n) is 11.0. The van der Waals surface area contributed by atoms with Crippen LogP contribution in [0, 0.1) is 0 Å². The predicted octanol–water partition coefficient (Wildman–Crippen LogP) is 1.60. The lowest BCUT2D eigenvalue weighted by atomic mass is 9.98. The number of aliphatic hydroxyl groups excluding tert-OH is 2. The molecule has 0 heterocycles.